The lowest BCUT2D eigenvalue weighted by molar-refractivity contribution is -0.161. The Balaban J connectivity index is 2.12. The van der Waals surface area contributed by atoms with Crippen molar-refractivity contribution in [2.45, 2.75) is 44.6 Å². The van der Waals surface area contributed by atoms with Gasteiger partial charge in [0.05, 0.1) is 0 Å². The smallest absolute Gasteiger partial charge is 0.373 e. The quantitative estimate of drug-likeness (QED) is 0.563. The highest BCUT2D eigenvalue weighted by Gasteiger charge is 2.54. The maximum atomic E-state index is 12.8. The lowest BCUT2D eigenvalue weighted by Crippen LogP contribution is -2.38. The van der Waals surface area contributed by atoms with E-state index in [2.05, 4.69) is 0 Å². The van der Waals surface area contributed by atoms with Crippen LogP contribution in [0.3, 0.4) is 0 Å². The molecule has 0 aromatic heterocycles. The van der Waals surface area contributed by atoms with Gasteiger partial charge in [-0.3, -0.25) is 0 Å². The lowest BCUT2D eigenvalue weighted by Gasteiger charge is -2.33. The molecule has 0 aliphatic heterocycles. The van der Waals surface area contributed by atoms with Gasteiger partial charge >= 0.3 is 12.0 Å². The van der Waals surface area contributed by atoms with Crippen molar-refractivity contribution in [1.29, 1.82) is 0 Å². The molecule has 0 heterocycles. The van der Waals surface area contributed by atoms with Crippen LogP contribution < -0.4 is 0 Å². The first-order valence-electron chi connectivity index (χ1n) is 5.92. The van der Waals surface area contributed by atoms with E-state index < -0.39 is 23.5 Å². The maximum Gasteiger partial charge on any atom is 0.373 e. The van der Waals surface area contributed by atoms with Crippen molar-refractivity contribution in [3.63, 3.8) is 0 Å². The molecule has 2 fully saturated rings. The number of ether oxygens (including phenoxy) is 1. The molecule has 0 N–H and O–H groups in total. The zero-order chi connectivity index (χ0) is 12.6. The average Bonchev–Trinajstić information content (AvgIpc) is 2.84. The van der Waals surface area contributed by atoms with Gasteiger partial charge in [-0.05, 0) is 43.9 Å². The Kier molecular flexibility index (Phi) is 3.19. The fourth-order valence-corrected chi connectivity index (χ4v) is 3.35. The lowest BCUT2D eigenvalue weighted by atomic mass is 9.83. The predicted octanol–water partition coefficient (Wildman–Crippen LogP) is 3.58. The average molecular weight is 248 g/mol. The summed E-state index contributed by atoms with van der Waals surface area (Å²) < 4.78 is 41.8. The Bertz CT molecular complexity index is 363. The molecule has 0 aromatic carbocycles. The summed E-state index contributed by atoms with van der Waals surface area (Å²) >= 11 is 0. The van der Waals surface area contributed by atoms with Gasteiger partial charge in [-0.15, -0.1) is 0 Å². The number of carbonyl (C=O) groups is 1. The van der Waals surface area contributed by atoms with Crippen LogP contribution in [0.25, 0.3) is 0 Å². The topological polar surface area (TPSA) is 26.3 Å². The minimum atomic E-state index is -2.60. The zero-order valence-corrected chi connectivity index (χ0v) is 9.64. The van der Waals surface area contributed by atoms with Gasteiger partial charge in [0.25, 0.3) is 5.83 Å². The molecule has 5 heteroatoms. The molecule has 0 aromatic rings. The predicted molar refractivity (Wildman–Crippen MR) is 54.9 cm³/mol. The zero-order valence-electron chi connectivity index (χ0n) is 9.64. The second-order valence-corrected chi connectivity index (χ2v) is 4.98. The number of hydrogen-bond donors (Lipinski definition) is 0. The highest BCUT2D eigenvalue weighted by atomic mass is 19.3. The van der Waals surface area contributed by atoms with Gasteiger partial charge in [0.1, 0.15) is 5.60 Å². The van der Waals surface area contributed by atoms with Crippen LogP contribution in [0.5, 0.6) is 0 Å². The van der Waals surface area contributed by atoms with Crippen LogP contribution in [-0.2, 0) is 9.53 Å². The molecule has 3 unspecified atom stereocenters. The Labute approximate surface area is 97.8 Å². The van der Waals surface area contributed by atoms with E-state index in [4.69, 9.17) is 4.74 Å². The molecular formula is C12H15F3O2. The van der Waals surface area contributed by atoms with Gasteiger partial charge in [0.15, 0.2) is 0 Å². The van der Waals surface area contributed by atoms with Crippen molar-refractivity contribution in [2.75, 3.05) is 0 Å². The summed E-state index contributed by atoms with van der Waals surface area (Å²) in [4.78, 5) is 11.2. The van der Waals surface area contributed by atoms with E-state index in [0.29, 0.717) is 18.8 Å². The monoisotopic (exact) mass is 248 g/mol. The number of esters is 1. The summed E-state index contributed by atoms with van der Waals surface area (Å²) in [6, 6.07) is 0. The van der Waals surface area contributed by atoms with Crippen LogP contribution in [-0.4, -0.2) is 11.6 Å². The normalized spacial score (nSPS) is 34.8. The van der Waals surface area contributed by atoms with E-state index in [-0.39, 0.29) is 5.92 Å². The summed E-state index contributed by atoms with van der Waals surface area (Å²) in [6.07, 6.45) is 1.47. The third-order valence-electron chi connectivity index (χ3n) is 4.11. The standard InChI is InChI=1S/C12H15F3O2/c1-2-8-5-7-3-4-12(8,6-7)17-11(16)9(13)10(14)15/h7-8H,2-6H2,1H3. The van der Waals surface area contributed by atoms with E-state index in [0.717, 1.165) is 19.3 Å². The first-order valence-corrected chi connectivity index (χ1v) is 5.92. The van der Waals surface area contributed by atoms with Crippen molar-refractivity contribution in [1.82, 2.24) is 0 Å². The first kappa shape index (κ1) is 12.5. The largest absolute Gasteiger partial charge is 0.453 e. The molecule has 3 atom stereocenters. The van der Waals surface area contributed by atoms with Gasteiger partial charge in [0, 0.05) is 0 Å². The van der Waals surface area contributed by atoms with Gasteiger partial charge in [-0.25, -0.2) is 4.79 Å². The van der Waals surface area contributed by atoms with E-state index >= 15 is 0 Å². The third-order valence-corrected chi connectivity index (χ3v) is 4.11. The summed E-state index contributed by atoms with van der Waals surface area (Å²) in [5.74, 6) is -2.88. The highest BCUT2D eigenvalue weighted by molar-refractivity contribution is 5.86. The second-order valence-electron chi connectivity index (χ2n) is 4.98. The first-order chi connectivity index (χ1) is 7.98. The van der Waals surface area contributed by atoms with Crippen LogP contribution in [0, 0.1) is 11.8 Å². The molecule has 0 saturated heterocycles. The van der Waals surface area contributed by atoms with E-state index in [1.54, 1.807) is 0 Å². The molecule has 17 heavy (non-hydrogen) atoms. The maximum absolute atomic E-state index is 12.8. The number of rotatable bonds is 3. The van der Waals surface area contributed by atoms with Gasteiger partial charge in [-0.1, -0.05) is 6.92 Å². The van der Waals surface area contributed by atoms with Crippen molar-refractivity contribution < 1.29 is 22.7 Å². The molecular weight excluding hydrogens is 233 g/mol. The SMILES string of the molecule is CCC1CC2CCC1(OC(=O)C(F)=C(F)F)C2. The molecule has 96 valence electrons. The molecule has 2 bridgehead atoms. The van der Waals surface area contributed by atoms with Crippen LogP contribution in [0.15, 0.2) is 11.9 Å². The van der Waals surface area contributed by atoms with Crippen LogP contribution in [0.2, 0.25) is 0 Å². The van der Waals surface area contributed by atoms with Gasteiger partial charge < -0.3 is 4.74 Å². The Morgan fingerprint density at radius 3 is 2.65 bits per heavy atom. The molecule has 2 aliphatic carbocycles. The molecule has 2 saturated carbocycles. The molecule has 2 nitrogen and oxygen atoms in total. The Hall–Kier alpha value is -1.00. The minimum Gasteiger partial charge on any atom is -0.453 e. The van der Waals surface area contributed by atoms with Crippen molar-refractivity contribution >= 4 is 5.97 Å². The molecule has 0 radical (unpaired) electrons. The highest BCUT2D eigenvalue weighted by Crippen LogP contribution is 2.55. The molecule has 0 spiro atoms. The van der Waals surface area contributed by atoms with Gasteiger partial charge in [-0.2, -0.15) is 13.2 Å². The summed E-state index contributed by atoms with van der Waals surface area (Å²) in [6.45, 7) is 1.98. The van der Waals surface area contributed by atoms with Crippen LogP contribution in [0.1, 0.15) is 39.0 Å². The summed E-state index contributed by atoms with van der Waals surface area (Å²) in [5.41, 5.74) is -0.691. The fourth-order valence-electron chi connectivity index (χ4n) is 3.35. The summed E-state index contributed by atoms with van der Waals surface area (Å²) in [5, 5.41) is 0. The van der Waals surface area contributed by atoms with Crippen LogP contribution in [0.4, 0.5) is 13.2 Å². The van der Waals surface area contributed by atoms with E-state index in [1.165, 1.54) is 0 Å². The van der Waals surface area contributed by atoms with Crippen molar-refractivity contribution in [3.05, 3.63) is 11.9 Å². The third kappa shape index (κ3) is 2.07. The minimum absolute atomic E-state index is 0.181. The molecule has 0 amide bonds. The van der Waals surface area contributed by atoms with Crippen LogP contribution >= 0.6 is 0 Å². The van der Waals surface area contributed by atoms with Gasteiger partial charge in [0.2, 0.25) is 0 Å². The fraction of sp³-hybridized carbons (Fsp3) is 0.750. The summed E-state index contributed by atoms with van der Waals surface area (Å²) in [7, 11) is 0. The Morgan fingerprint density at radius 2 is 2.12 bits per heavy atom. The molecule has 2 aliphatic rings. The number of hydrogen-bond acceptors (Lipinski definition) is 2. The number of fused-ring (bicyclic) bond motifs is 2. The molecule has 2 rings (SSSR count). The second kappa shape index (κ2) is 4.35. The van der Waals surface area contributed by atoms with Crippen molar-refractivity contribution in [2.24, 2.45) is 11.8 Å². The van der Waals surface area contributed by atoms with E-state index in [9.17, 15) is 18.0 Å². The Morgan fingerprint density at radius 1 is 1.41 bits per heavy atom. The number of halogens is 3. The van der Waals surface area contributed by atoms with Crippen molar-refractivity contribution in [3.8, 4) is 0 Å². The van der Waals surface area contributed by atoms with E-state index in [1.807, 2.05) is 6.92 Å². The number of carbonyl (C=O) groups excluding carboxylic acids is 1.